The van der Waals surface area contributed by atoms with Crippen molar-refractivity contribution in [2.24, 2.45) is 0 Å². The number of pyridine rings is 1. The van der Waals surface area contributed by atoms with E-state index < -0.39 is 0 Å². The summed E-state index contributed by atoms with van der Waals surface area (Å²) in [5.74, 6) is 1.65. The molecule has 1 aromatic heterocycles. The largest absolute Gasteiger partial charge is 0.497 e. The number of carbonyl (C=O) groups is 1. The van der Waals surface area contributed by atoms with E-state index in [0.717, 1.165) is 22.2 Å². The first-order chi connectivity index (χ1) is 12.1. The molecule has 2 aromatic carbocycles. The van der Waals surface area contributed by atoms with Crippen LogP contribution in [0.25, 0.3) is 10.9 Å². The maximum absolute atomic E-state index is 12.1. The summed E-state index contributed by atoms with van der Waals surface area (Å²) in [6.07, 6.45) is 1.68. The third kappa shape index (κ3) is 3.40. The number of fused-ring (bicyclic) bond motifs is 1. The lowest BCUT2D eigenvalue weighted by Crippen LogP contribution is -2.07. The fraction of sp³-hybridized carbons (Fsp3) is 0.200. The van der Waals surface area contributed by atoms with Crippen LogP contribution in [-0.4, -0.2) is 24.7 Å². The Balaban J connectivity index is 1.99. The van der Waals surface area contributed by atoms with Crippen LogP contribution in [0.4, 0.5) is 0 Å². The Morgan fingerprint density at radius 3 is 2.72 bits per heavy atom. The molecule has 0 atom stereocenters. The molecule has 0 aliphatic heterocycles. The first kappa shape index (κ1) is 16.8. The third-order valence-corrected chi connectivity index (χ3v) is 3.91. The minimum Gasteiger partial charge on any atom is -0.497 e. The van der Waals surface area contributed by atoms with Crippen LogP contribution in [0.15, 0.2) is 48.7 Å². The van der Waals surface area contributed by atoms with Gasteiger partial charge in [0.1, 0.15) is 17.2 Å². The van der Waals surface area contributed by atoms with E-state index >= 15 is 0 Å². The maximum atomic E-state index is 12.1. The van der Waals surface area contributed by atoms with Crippen LogP contribution in [0.3, 0.4) is 0 Å². The van der Waals surface area contributed by atoms with Crippen molar-refractivity contribution < 1.29 is 19.0 Å². The molecule has 0 aliphatic rings. The zero-order valence-corrected chi connectivity index (χ0v) is 14.4. The van der Waals surface area contributed by atoms with Crippen molar-refractivity contribution in [3.05, 3.63) is 59.8 Å². The van der Waals surface area contributed by atoms with Crippen LogP contribution in [0.5, 0.6) is 17.2 Å². The van der Waals surface area contributed by atoms with E-state index in [1.165, 1.54) is 0 Å². The van der Waals surface area contributed by atoms with Crippen LogP contribution >= 0.6 is 0 Å². The van der Waals surface area contributed by atoms with E-state index in [2.05, 4.69) is 4.98 Å². The highest BCUT2D eigenvalue weighted by atomic mass is 16.5. The summed E-state index contributed by atoms with van der Waals surface area (Å²) >= 11 is 0. The average Bonchev–Trinajstić information content (AvgIpc) is 2.63. The van der Waals surface area contributed by atoms with E-state index in [1.807, 2.05) is 31.2 Å². The Morgan fingerprint density at radius 1 is 1.12 bits per heavy atom. The highest BCUT2D eigenvalue weighted by molar-refractivity contribution is 5.92. The molecular weight excluding hydrogens is 318 g/mol. The van der Waals surface area contributed by atoms with E-state index in [1.54, 1.807) is 38.4 Å². The standard InChI is InChI=1S/C20H19NO4/c1-4-24-20(22)15-6-5-7-18(13(15)2)25-19-10-11-21-17-12-14(23-3)8-9-16(17)19/h5-12H,4H2,1-3H3. The van der Waals surface area contributed by atoms with Gasteiger partial charge in [0.2, 0.25) is 0 Å². The van der Waals surface area contributed by atoms with Crippen molar-refractivity contribution in [2.75, 3.05) is 13.7 Å². The number of benzene rings is 2. The molecule has 3 rings (SSSR count). The van der Waals surface area contributed by atoms with E-state index in [9.17, 15) is 4.79 Å². The normalized spacial score (nSPS) is 10.5. The molecule has 0 fully saturated rings. The Labute approximate surface area is 146 Å². The number of esters is 1. The van der Waals surface area contributed by atoms with Crippen molar-refractivity contribution in [3.8, 4) is 17.2 Å². The molecule has 0 N–H and O–H groups in total. The number of carbonyl (C=O) groups excluding carboxylic acids is 1. The second kappa shape index (κ2) is 7.21. The average molecular weight is 337 g/mol. The summed E-state index contributed by atoms with van der Waals surface area (Å²) in [4.78, 5) is 16.4. The molecule has 0 bridgehead atoms. The molecule has 3 aromatic rings. The zero-order chi connectivity index (χ0) is 17.8. The number of hydrogen-bond donors (Lipinski definition) is 0. The fourth-order valence-corrected chi connectivity index (χ4v) is 2.59. The van der Waals surface area contributed by atoms with Gasteiger partial charge in [-0.25, -0.2) is 4.79 Å². The summed E-state index contributed by atoms with van der Waals surface area (Å²) in [6.45, 7) is 3.96. The van der Waals surface area contributed by atoms with Crippen LogP contribution in [0, 0.1) is 6.92 Å². The van der Waals surface area contributed by atoms with Gasteiger partial charge >= 0.3 is 5.97 Å². The minimum atomic E-state index is -0.352. The highest BCUT2D eigenvalue weighted by Gasteiger charge is 2.14. The van der Waals surface area contributed by atoms with Gasteiger partial charge in [-0.1, -0.05) is 6.07 Å². The highest BCUT2D eigenvalue weighted by Crippen LogP contribution is 2.33. The van der Waals surface area contributed by atoms with Crippen molar-refractivity contribution in [1.82, 2.24) is 4.98 Å². The van der Waals surface area contributed by atoms with Gasteiger partial charge in [0.25, 0.3) is 0 Å². The second-order valence-electron chi connectivity index (χ2n) is 5.44. The lowest BCUT2D eigenvalue weighted by molar-refractivity contribution is 0.0525. The molecule has 0 saturated carbocycles. The molecule has 0 radical (unpaired) electrons. The molecule has 5 heteroatoms. The molecule has 25 heavy (non-hydrogen) atoms. The SMILES string of the molecule is CCOC(=O)c1cccc(Oc2ccnc3cc(OC)ccc23)c1C. The first-order valence-corrected chi connectivity index (χ1v) is 8.01. The van der Waals surface area contributed by atoms with Gasteiger partial charge in [-0.05, 0) is 44.2 Å². The number of methoxy groups -OCH3 is 1. The maximum Gasteiger partial charge on any atom is 0.338 e. The van der Waals surface area contributed by atoms with Crippen LogP contribution in [0.1, 0.15) is 22.8 Å². The van der Waals surface area contributed by atoms with Gasteiger partial charge < -0.3 is 14.2 Å². The van der Waals surface area contributed by atoms with Crippen molar-refractivity contribution in [3.63, 3.8) is 0 Å². The molecule has 0 saturated heterocycles. The third-order valence-electron chi connectivity index (χ3n) is 3.91. The van der Waals surface area contributed by atoms with Gasteiger partial charge in [-0.15, -0.1) is 0 Å². The topological polar surface area (TPSA) is 57.7 Å². The summed E-state index contributed by atoms with van der Waals surface area (Å²) in [7, 11) is 1.62. The Kier molecular flexibility index (Phi) is 4.84. The Hall–Kier alpha value is -3.08. The Bertz CT molecular complexity index is 921. The van der Waals surface area contributed by atoms with E-state index in [4.69, 9.17) is 14.2 Å². The van der Waals surface area contributed by atoms with Crippen LogP contribution in [0.2, 0.25) is 0 Å². The summed E-state index contributed by atoms with van der Waals surface area (Å²) in [6, 6.07) is 12.7. The van der Waals surface area contributed by atoms with Crippen LogP contribution < -0.4 is 9.47 Å². The summed E-state index contributed by atoms with van der Waals surface area (Å²) < 4.78 is 16.4. The van der Waals surface area contributed by atoms with E-state index in [-0.39, 0.29) is 5.97 Å². The predicted octanol–water partition coefficient (Wildman–Crippen LogP) is 4.52. The van der Waals surface area contributed by atoms with Crippen molar-refractivity contribution in [2.45, 2.75) is 13.8 Å². The van der Waals surface area contributed by atoms with Gasteiger partial charge in [0.05, 0.1) is 24.8 Å². The number of nitrogens with zero attached hydrogens (tertiary/aromatic N) is 1. The number of ether oxygens (including phenoxy) is 3. The molecule has 0 amide bonds. The zero-order valence-electron chi connectivity index (χ0n) is 14.4. The van der Waals surface area contributed by atoms with Gasteiger partial charge in [0.15, 0.2) is 0 Å². The number of hydrogen-bond acceptors (Lipinski definition) is 5. The van der Waals surface area contributed by atoms with Crippen molar-refractivity contribution in [1.29, 1.82) is 0 Å². The summed E-state index contributed by atoms with van der Waals surface area (Å²) in [5, 5.41) is 0.865. The molecule has 0 unspecified atom stereocenters. The molecule has 0 spiro atoms. The monoisotopic (exact) mass is 337 g/mol. The molecule has 1 heterocycles. The first-order valence-electron chi connectivity index (χ1n) is 8.01. The fourth-order valence-electron chi connectivity index (χ4n) is 2.59. The molecule has 5 nitrogen and oxygen atoms in total. The molecule has 0 aliphatic carbocycles. The lowest BCUT2D eigenvalue weighted by atomic mass is 10.1. The molecular formula is C20H19NO4. The smallest absolute Gasteiger partial charge is 0.338 e. The lowest BCUT2D eigenvalue weighted by Gasteiger charge is -2.13. The van der Waals surface area contributed by atoms with Crippen molar-refractivity contribution >= 4 is 16.9 Å². The van der Waals surface area contributed by atoms with Gasteiger partial charge in [-0.2, -0.15) is 0 Å². The number of aromatic nitrogens is 1. The summed E-state index contributed by atoms with van der Waals surface area (Å²) in [5.41, 5.74) is 2.01. The quantitative estimate of drug-likeness (QED) is 0.641. The second-order valence-corrected chi connectivity index (χ2v) is 5.44. The van der Waals surface area contributed by atoms with Gasteiger partial charge in [0, 0.05) is 23.2 Å². The molecule has 128 valence electrons. The predicted molar refractivity (Wildman–Crippen MR) is 95.5 cm³/mol. The number of rotatable bonds is 5. The van der Waals surface area contributed by atoms with Crippen LogP contribution in [-0.2, 0) is 4.74 Å². The Morgan fingerprint density at radius 2 is 1.96 bits per heavy atom. The van der Waals surface area contributed by atoms with Gasteiger partial charge in [-0.3, -0.25) is 4.98 Å². The van der Waals surface area contributed by atoms with E-state index in [0.29, 0.717) is 23.7 Å². The minimum absolute atomic E-state index is 0.334.